The van der Waals surface area contributed by atoms with E-state index in [9.17, 15) is 9.59 Å². The Bertz CT molecular complexity index is 327. The van der Waals surface area contributed by atoms with E-state index < -0.39 is 5.97 Å². The van der Waals surface area contributed by atoms with Gasteiger partial charge >= 0.3 is 12.0 Å². The largest absolute Gasteiger partial charge is 0.480 e. The fraction of sp³-hybridized carbons (Fsp3) is 0.867. The molecule has 0 unspecified atom stereocenters. The summed E-state index contributed by atoms with van der Waals surface area (Å²) >= 11 is 0. The quantitative estimate of drug-likeness (QED) is 0.662. The number of carboxylic acid groups (broad SMARTS) is 1. The maximum absolute atomic E-state index is 12.6. The maximum atomic E-state index is 12.6. The minimum atomic E-state index is -0.934. The van der Waals surface area contributed by atoms with Gasteiger partial charge in [0.2, 0.25) is 0 Å². The van der Waals surface area contributed by atoms with Crippen LogP contribution in [0.3, 0.4) is 0 Å². The summed E-state index contributed by atoms with van der Waals surface area (Å²) in [4.78, 5) is 26.8. The Morgan fingerprint density at radius 3 is 2.35 bits per heavy atom. The average Bonchev–Trinajstić information content (AvgIpc) is 3.16. The third kappa shape index (κ3) is 5.80. The summed E-state index contributed by atoms with van der Waals surface area (Å²) in [6, 6.07) is -0.0137. The second-order valence-electron chi connectivity index (χ2n) is 5.99. The van der Waals surface area contributed by atoms with Crippen molar-refractivity contribution >= 4 is 12.0 Å². The molecule has 0 radical (unpaired) electrons. The van der Waals surface area contributed by atoms with Gasteiger partial charge in [0.05, 0.1) is 0 Å². The molecule has 20 heavy (non-hydrogen) atoms. The van der Waals surface area contributed by atoms with Crippen LogP contribution in [0.2, 0.25) is 0 Å². The molecule has 0 aliphatic heterocycles. The normalized spacial score (nSPS) is 14.4. The number of nitrogens with zero attached hydrogens (tertiary/aromatic N) is 2. The number of amides is 2. The summed E-state index contributed by atoms with van der Waals surface area (Å²) < 4.78 is 0. The van der Waals surface area contributed by atoms with E-state index in [1.807, 2.05) is 13.8 Å². The van der Waals surface area contributed by atoms with Crippen molar-refractivity contribution in [3.05, 3.63) is 0 Å². The molecule has 0 bridgehead atoms. The molecule has 2 amide bonds. The molecular weight excluding hydrogens is 256 g/mol. The number of carbonyl (C=O) groups excluding carboxylic acids is 1. The van der Waals surface area contributed by atoms with Crippen LogP contribution in [0, 0.1) is 5.92 Å². The topological polar surface area (TPSA) is 60.9 Å². The molecule has 0 saturated heterocycles. The average molecular weight is 284 g/mol. The van der Waals surface area contributed by atoms with E-state index in [0.29, 0.717) is 19.0 Å². The van der Waals surface area contributed by atoms with Gasteiger partial charge in [-0.25, -0.2) is 4.79 Å². The van der Waals surface area contributed by atoms with Crippen molar-refractivity contribution < 1.29 is 14.7 Å². The van der Waals surface area contributed by atoms with Gasteiger partial charge in [-0.1, -0.05) is 19.8 Å². The molecule has 5 heteroatoms. The first-order valence-corrected chi connectivity index (χ1v) is 7.73. The Labute approximate surface area is 121 Å². The van der Waals surface area contributed by atoms with E-state index in [0.717, 1.165) is 32.1 Å². The van der Waals surface area contributed by atoms with Gasteiger partial charge < -0.3 is 14.9 Å². The van der Waals surface area contributed by atoms with Gasteiger partial charge in [0.25, 0.3) is 0 Å². The molecule has 0 aromatic rings. The lowest BCUT2D eigenvalue weighted by atomic mass is 10.2. The van der Waals surface area contributed by atoms with Gasteiger partial charge in [0.15, 0.2) is 0 Å². The van der Waals surface area contributed by atoms with E-state index in [2.05, 4.69) is 6.92 Å². The Morgan fingerprint density at radius 2 is 1.90 bits per heavy atom. The van der Waals surface area contributed by atoms with Crippen molar-refractivity contribution in [3.63, 3.8) is 0 Å². The molecular formula is C15H28N2O3. The first kappa shape index (κ1) is 16.8. The predicted octanol–water partition coefficient (Wildman–Crippen LogP) is 2.80. The predicted molar refractivity (Wildman–Crippen MR) is 78.7 cm³/mol. The third-order valence-corrected chi connectivity index (χ3v) is 3.64. The highest BCUT2D eigenvalue weighted by molar-refractivity contribution is 5.80. The highest BCUT2D eigenvalue weighted by Crippen LogP contribution is 2.30. The molecule has 5 nitrogen and oxygen atoms in total. The van der Waals surface area contributed by atoms with Crippen LogP contribution in [0.25, 0.3) is 0 Å². The van der Waals surface area contributed by atoms with Crippen LogP contribution in [0.15, 0.2) is 0 Å². The SMILES string of the molecule is CCCCCN(C(=O)N(CC(=O)O)CC1CC1)C(C)C. The van der Waals surface area contributed by atoms with Crippen molar-refractivity contribution in [3.8, 4) is 0 Å². The minimum Gasteiger partial charge on any atom is -0.480 e. The lowest BCUT2D eigenvalue weighted by molar-refractivity contribution is -0.137. The molecule has 0 spiro atoms. The van der Waals surface area contributed by atoms with Crippen LogP contribution in [-0.4, -0.2) is 52.6 Å². The highest BCUT2D eigenvalue weighted by atomic mass is 16.4. The van der Waals surface area contributed by atoms with E-state index >= 15 is 0 Å². The van der Waals surface area contributed by atoms with E-state index in [1.54, 1.807) is 4.90 Å². The van der Waals surface area contributed by atoms with Crippen LogP contribution < -0.4 is 0 Å². The van der Waals surface area contributed by atoms with Crippen molar-refractivity contribution in [2.45, 2.75) is 58.9 Å². The van der Waals surface area contributed by atoms with Gasteiger partial charge in [0, 0.05) is 19.1 Å². The second kappa shape index (κ2) is 8.12. The zero-order chi connectivity index (χ0) is 15.1. The van der Waals surface area contributed by atoms with E-state index in [1.165, 1.54) is 4.90 Å². The Balaban J connectivity index is 2.62. The van der Waals surface area contributed by atoms with E-state index in [-0.39, 0.29) is 18.6 Å². The van der Waals surface area contributed by atoms with Gasteiger partial charge in [-0.3, -0.25) is 4.79 Å². The Kier molecular flexibility index (Phi) is 6.82. The first-order chi connectivity index (χ1) is 9.45. The summed E-state index contributed by atoms with van der Waals surface area (Å²) in [6.45, 7) is 7.21. The summed E-state index contributed by atoms with van der Waals surface area (Å²) in [5, 5.41) is 8.99. The van der Waals surface area contributed by atoms with Crippen LogP contribution in [0.1, 0.15) is 52.9 Å². The van der Waals surface area contributed by atoms with Crippen LogP contribution in [0.5, 0.6) is 0 Å². The Hall–Kier alpha value is -1.26. The highest BCUT2D eigenvalue weighted by Gasteiger charge is 2.30. The molecule has 0 aromatic heterocycles. The number of unbranched alkanes of at least 4 members (excludes halogenated alkanes) is 2. The Morgan fingerprint density at radius 1 is 1.25 bits per heavy atom. The molecule has 1 N–H and O–H groups in total. The standard InChI is InChI=1S/C15H28N2O3/c1-4-5-6-9-17(12(2)3)15(20)16(11-14(18)19)10-13-7-8-13/h12-13H,4-11H2,1-3H3,(H,18,19). The lowest BCUT2D eigenvalue weighted by Crippen LogP contribution is -2.49. The fourth-order valence-corrected chi connectivity index (χ4v) is 2.27. The molecule has 0 aromatic carbocycles. The third-order valence-electron chi connectivity index (χ3n) is 3.64. The zero-order valence-corrected chi connectivity index (χ0v) is 13.0. The van der Waals surface area contributed by atoms with Gasteiger partial charge in [0.1, 0.15) is 6.54 Å². The van der Waals surface area contributed by atoms with Crippen molar-refractivity contribution in [2.24, 2.45) is 5.92 Å². The number of rotatable bonds is 9. The number of aliphatic carboxylic acids is 1. The zero-order valence-electron chi connectivity index (χ0n) is 13.0. The summed E-state index contributed by atoms with van der Waals surface area (Å²) in [5.41, 5.74) is 0. The lowest BCUT2D eigenvalue weighted by Gasteiger charge is -2.32. The number of hydrogen-bond donors (Lipinski definition) is 1. The number of hydrogen-bond acceptors (Lipinski definition) is 2. The number of carboxylic acids is 1. The molecule has 0 heterocycles. The smallest absolute Gasteiger partial charge is 0.323 e. The fourth-order valence-electron chi connectivity index (χ4n) is 2.27. The van der Waals surface area contributed by atoms with Crippen molar-refractivity contribution in [2.75, 3.05) is 19.6 Å². The molecule has 1 aliphatic rings. The van der Waals surface area contributed by atoms with Crippen LogP contribution >= 0.6 is 0 Å². The number of carbonyl (C=O) groups is 2. The molecule has 1 fully saturated rings. The van der Waals surface area contributed by atoms with Crippen LogP contribution in [0.4, 0.5) is 4.79 Å². The summed E-state index contributed by atoms with van der Waals surface area (Å²) in [6.07, 6.45) is 5.41. The first-order valence-electron chi connectivity index (χ1n) is 7.73. The molecule has 1 rings (SSSR count). The minimum absolute atomic E-state index is 0.106. The van der Waals surface area contributed by atoms with Gasteiger partial charge in [-0.15, -0.1) is 0 Å². The summed E-state index contributed by atoms with van der Waals surface area (Å²) in [7, 11) is 0. The van der Waals surface area contributed by atoms with Crippen molar-refractivity contribution in [1.29, 1.82) is 0 Å². The van der Waals surface area contributed by atoms with Crippen molar-refractivity contribution in [1.82, 2.24) is 9.80 Å². The monoisotopic (exact) mass is 284 g/mol. The van der Waals surface area contributed by atoms with Gasteiger partial charge in [-0.05, 0) is 39.0 Å². The molecule has 1 aliphatic carbocycles. The molecule has 0 atom stereocenters. The van der Waals surface area contributed by atoms with E-state index in [4.69, 9.17) is 5.11 Å². The van der Waals surface area contributed by atoms with Gasteiger partial charge in [-0.2, -0.15) is 0 Å². The molecule has 1 saturated carbocycles. The summed E-state index contributed by atoms with van der Waals surface area (Å²) in [5.74, 6) is -0.431. The van der Waals surface area contributed by atoms with Crippen LogP contribution in [-0.2, 0) is 4.79 Å². The number of urea groups is 1. The second-order valence-corrected chi connectivity index (χ2v) is 5.99. The maximum Gasteiger partial charge on any atom is 0.323 e. The molecule has 116 valence electrons.